The van der Waals surface area contributed by atoms with Crippen LogP contribution in [-0.2, 0) is 21.4 Å². The van der Waals surface area contributed by atoms with Crippen molar-refractivity contribution in [3.8, 4) is 6.07 Å². The molecule has 9 heteroatoms. The van der Waals surface area contributed by atoms with Crippen molar-refractivity contribution in [1.29, 1.82) is 5.26 Å². The molecule has 0 N–H and O–H groups in total. The van der Waals surface area contributed by atoms with E-state index in [1.165, 1.54) is 4.31 Å². The zero-order valence-electron chi connectivity index (χ0n) is 17.8. The Kier molecular flexibility index (Phi) is 7.59. The highest BCUT2D eigenvalue weighted by Gasteiger charge is 2.34. The minimum Gasteiger partial charge on any atom is -0.338 e. The average Bonchev–Trinajstić information content (AvgIpc) is 2.80. The van der Waals surface area contributed by atoms with Crippen LogP contribution >= 0.6 is 0 Å². The van der Waals surface area contributed by atoms with Crippen LogP contribution in [0, 0.1) is 28.9 Å². The molecule has 32 heavy (non-hydrogen) atoms. The molecule has 170 valence electrons. The van der Waals surface area contributed by atoms with E-state index in [-0.39, 0.29) is 29.8 Å². The number of nitrogens with zero attached hydrogens (tertiary/aromatic N) is 3. The van der Waals surface area contributed by atoms with Crippen LogP contribution in [0.2, 0.25) is 0 Å². The molecular formula is C23H25F2N3O3S. The number of piperidine rings is 1. The van der Waals surface area contributed by atoms with Crippen molar-refractivity contribution in [2.75, 3.05) is 19.6 Å². The maximum atomic E-state index is 13.5. The van der Waals surface area contributed by atoms with Crippen LogP contribution in [0.5, 0.6) is 0 Å². The molecule has 0 aliphatic carbocycles. The number of carbonyl (C=O) groups excluding carboxylic acids is 1. The molecule has 1 saturated heterocycles. The molecule has 0 unspecified atom stereocenters. The molecule has 1 aliphatic rings. The normalized spacial score (nSPS) is 15.3. The molecule has 3 rings (SSSR count). The summed E-state index contributed by atoms with van der Waals surface area (Å²) in [6.45, 7) is 3.25. The summed E-state index contributed by atoms with van der Waals surface area (Å²) < 4.78 is 53.4. The van der Waals surface area contributed by atoms with Gasteiger partial charge >= 0.3 is 0 Å². The zero-order valence-corrected chi connectivity index (χ0v) is 18.6. The fourth-order valence-electron chi connectivity index (χ4n) is 3.83. The van der Waals surface area contributed by atoms with E-state index in [4.69, 9.17) is 5.26 Å². The molecule has 0 saturated carbocycles. The lowest BCUT2D eigenvalue weighted by Gasteiger charge is -2.33. The summed E-state index contributed by atoms with van der Waals surface area (Å²) in [5.41, 5.74) is 1.47. The van der Waals surface area contributed by atoms with Crippen molar-refractivity contribution < 1.29 is 22.0 Å². The fraction of sp³-hybridized carbons (Fsp3) is 0.391. The maximum absolute atomic E-state index is 13.5. The first kappa shape index (κ1) is 23.8. The third-order valence-corrected chi connectivity index (χ3v) is 7.49. The number of hydrogen-bond donors (Lipinski definition) is 0. The Morgan fingerprint density at radius 1 is 1.12 bits per heavy atom. The number of sulfonamides is 1. The molecule has 6 nitrogen and oxygen atoms in total. The summed E-state index contributed by atoms with van der Waals surface area (Å²) in [5, 5.41) is 8.93. The van der Waals surface area contributed by atoms with E-state index < -0.39 is 21.7 Å². The van der Waals surface area contributed by atoms with Gasteiger partial charge in [-0.25, -0.2) is 17.2 Å². The van der Waals surface area contributed by atoms with E-state index in [9.17, 15) is 22.0 Å². The smallest absolute Gasteiger partial charge is 0.243 e. The Morgan fingerprint density at radius 3 is 2.34 bits per heavy atom. The van der Waals surface area contributed by atoms with Gasteiger partial charge in [0.25, 0.3) is 0 Å². The Labute approximate surface area is 187 Å². The van der Waals surface area contributed by atoms with E-state index in [1.807, 2.05) is 19.1 Å². The first-order chi connectivity index (χ1) is 15.3. The Hall–Kier alpha value is -2.83. The lowest BCUT2D eigenvalue weighted by Crippen LogP contribution is -2.44. The van der Waals surface area contributed by atoms with Crippen LogP contribution in [0.1, 0.15) is 37.3 Å². The first-order valence-electron chi connectivity index (χ1n) is 10.5. The van der Waals surface area contributed by atoms with Crippen LogP contribution in [0.15, 0.2) is 47.4 Å². The van der Waals surface area contributed by atoms with E-state index in [1.54, 1.807) is 17.0 Å². The second kappa shape index (κ2) is 10.2. The lowest BCUT2D eigenvalue weighted by atomic mass is 9.96. The second-order valence-corrected chi connectivity index (χ2v) is 9.76. The number of amides is 1. The summed E-state index contributed by atoms with van der Waals surface area (Å²) in [4.78, 5) is 14.6. The maximum Gasteiger partial charge on any atom is 0.243 e. The van der Waals surface area contributed by atoms with Gasteiger partial charge in [-0.3, -0.25) is 4.79 Å². The van der Waals surface area contributed by atoms with E-state index >= 15 is 0 Å². The minimum absolute atomic E-state index is 0.0268. The van der Waals surface area contributed by atoms with Crippen LogP contribution < -0.4 is 0 Å². The van der Waals surface area contributed by atoms with Crippen molar-refractivity contribution in [2.45, 2.75) is 37.6 Å². The molecule has 0 atom stereocenters. The summed E-state index contributed by atoms with van der Waals surface area (Å²) in [5.74, 6) is -2.65. The molecule has 0 bridgehead atoms. The van der Waals surface area contributed by atoms with Gasteiger partial charge in [0.2, 0.25) is 15.9 Å². The van der Waals surface area contributed by atoms with Gasteiger partial charge < -0.3 is 4.90 Å². The molecule has 1 amide bonds. The predicted molar refractivity (Wildman–Crippen MR) is 115 cm³/mol. The number of benzene rings is 2. The molecule has 0 aromatic heterocycles. The van der Waals surface area contributed by atoms with Crippen molar-refractivity contribution in [2.24, 2.45) is 5.92 Å². The van der Waals surface area contributed by atoms with Crippen LogP contribution in [-0.4, -0.2) is 43.2 Å². The van der Waals surface area contributed by atoms with Gasteiger partial charge in [-0.2, -0.15) is 9.57 Å². The van der Waals surface area contributed by atoms with Crippen LogP contribution in [0.3, 0.4) is 0 Å². The topological polar surface area (TPSA) is 81.5 Å². The van der Waals surface area contributed by atoms with Gasteiger partial charge in [-0.15, -0.1) is 0 Å². The highest BCUT2D eigenvalue weighted by Crippen LogP contribution is 2.26. The SMILES string of the molecule is CCCN(Cc1ccc(C#N)cc1)C(=O)C1CCN(S(=O)(=O)c2ccc(F)c(F)c2)CC1. The molecular weight excluding hydrogens is 436 g/mol. The summed E-state index contributed by atoms with van der Waals surface area (Å²) in [6, 6.07) is 11.7. The summed E-state index contributed by atoms with van der Waals surface area (Å²) >= 11 is 0. The monoisotopic (exact) mass is 461 g/mol. The van der Waals surface area contributed by atoms with E-state index in [0.29, 0.717) is 37.6 Å². The molecule has 1 fully saturated rings. The van der Waals surface area contributed by atoms with Crippen LogP contribution in [0.4, 0.5) is 8.78 Å². The largest absolute Gasteiger partial charge is 0.338 e. The summed E-state index contributed by atoms with van der Waals surface area (Å²) in [7, 11) is -3.96. The fourth-order valence-corrected chi connectivity index (χ4v) is 5.31. The van der Waals surface area contributed by atoms with E-state index in [0.717, 1.165) is 24.1 Å². The van der Waals surface area contributed by atoms with Gasteiger partial charge in [0, 0.05) is 32.1 Å². The van der Waals surface area contributed by atoms with Crippen molar-refractivity contribution in [3.63, 3.8) is 0 Å². The van der Waals surface area contributed by atoms with E-state index in [2.05, 4.69) is 6.07 Å². The summed E-state index contributed by atoms with van der Waals surface area (Å²) in [6.07, 6.45) is 1.50. The molecule has 2 aromatic rings. The highest BCUT2D eigenvalue weighted by atomic mass is 32.2. The van der Waals surface area contributed by atoms with Crippen molar-refractivity contribution in [3.05, 3.63) is 65.2 Å². The van der Waals surface area contributed by atoms with Gasteiger partial charge in [-0.1, -0.05) is 19.1 Å². The standard InChI is InChI=1S/C23H25F2N3O3S/c1-2-11-27(16-18-5-3-17(15-26)4-6-18)23(29)19-9-12-28(13-10-19)32(30,31)20-7-8-21(24)22(25)14-20/h3-8,14,19H,2,9-13,16H2,1H3. The minimum atomic E-state index is -3.96. The number of hydrogen-bond acceptors (Lipinski definition) is 4. The van der Waals surface area contributed by atoms with Gasteiger partial charge in [0.15, 0.2) is 11.6 Å². The van der Waals surface area contributed by atoms with Crippen molar-refractivity contribution >= 4 is 15.9 Å². The zero-order chi connectivity index (χ0) is 23.3. The average molecular weight is 462 g/mol. The van der Waals surface area contributed by atoms with Crippen molar-refractivity contribution in [1.82, 2.24) is 9.21 Å². The predicted octanol–water partition coefficient (Wildman–Crippen LogP) is 3.68. The van der Waals surface area contributed by atoms with Gasteiger partial charge in [0.05, 0.1) is 16.5 Å². The Balaban J connectivity index is 1.65. The van der Waals surface area contributed by atoms with Gasteiger partial charge in [-0.05, 0) is 55.2 Å². The third kappa shape index (κ3) is 5.31. The number of rotatable bonds is 7. The molecule has 2 aromatic carbocycles. The first-order valence-corrected chi connectivity index (χ1v) is 11.9. The third-order valence-electron chi connectivity index (χ3n) is 5.59. The Bertz CT molecular complexity index is 1110. The highest BCUT2D eigenvalue weighted by molar-refractivity contribution is 7.89. The van der Waals surface area contributed by atoms with Crippen LogP contribution in [0.25, 0.3) is 0 Å². The molecule has 0 spiro atoms. The second-order valence-electron chi connectivity index (χ2n) is 7.82. The lowest BCUT2D eigenvalue weighted by molar-refractivity contribution is -0.137. The number of nitriles is 1. The van der Waals surface area contributed by atoms with Gasteiger partial charge in [0.1, 0.15) is 0 Å². The molecule has 1 aliphatic heterocycles. The quantitative estimate of drug-likeness (QED) is 0.630. The molecule has 1 heterocycles. The number of halogens is 2. The number of carbonyl (C=O) groups is 1. The molecule has 0 radical (unpaired) electrons. The Morgan fingerprint density at radius 2 is 1.78 bits per heavy atom.